The van der Waals surface area contributed by atoms with Gasteiger partial charge in [-0.3, -0.25) is 4.79 Å². The third kappa shape index (κ3) is 3.64. The normalized spacial score (nSPS) is 9.68. The van der Waals surface area contributed by atoms with Crippen molar-refractivity contribution in [3.8, 4) is 0 Å². The van der Waals surface area contributed by atoms with Gasteiger partial charge in [-0.05, 0) is 12.1 Å². The van der Waals surface area contributed by atoms with E-state index in [1.807, 2.05) is 30.3 Å². The lowest BCUT2D eigenvalue weighted by molar-refractivity contribution is 0.102. The first kappa shape index (κ1) is 12.8. The molecule has 2 rings (SSSR count). The topological polar surface area (TPSA) is 66.9 Å². The van der Waals surface area contributed by atoms with E-state index in [9.17, 15) is 4.79 Å². The van der Waals surface area contributed by atoms with Crippen molar-refractivity contribution >= 4 is 17.4 Å². The van der Waals surface area contributed by atoms with Gasteiger partial charge in [0.2, 0.25) is 0 Å². The first-order chi connectivity index (χ1) is 9.29. The van der Waals surface area contributed by atoms with Crippen LogP contribution in [0.25, 0.3) is 0 Å². The number of hydrogen-bond donors (Lipinski definition) is 2. The number of aromatic nitrogens is 2. The Morgan fingerprint density at radius 1 is 1.26 bits per heavy atom. The van der Waals surface area contributed by atoms with Gasteiger partial charge in [-0.2, -0.15) is 0 Å². The molecule has 0 aliphatic carbocycles. The largest absolute Gasteiger partial charge is 0.366 e. The Morgan fingerprint density at radius 3 is 2.79 bits per heavy atom. The highest BCUT2D eigenvalue weighted by molar-refractivity contribution is 6.03. The second-order valence-corrected chi connectivity index (χ2v) is 3.78. The first-order valence-corrected chi connectivity index (χ1v) is 5.83. The average Bonchev–Trinajstić information content (AvgIpc) is 2.46. The lowest BCUT2D eigenvalue weighted by atomic mass is 10.3. The van der Waals surface area contributed by atoms with Gasteiger partial charge in [0.05, 0.1) is 0 Å². The van der Waals surface area contributed by atoms with Crippen LogP contribution in [0.3, 0.4) is 0 Å². The molecule has 0 radical (unpaired) electrons. The molecule has 1 aromatic heterocycles. The number of nitrogens with one attached hydrogen (secondary N) is 2. The van der Waals surface area contributed by atoms with Crippen molar-refractivity contribution in [3.05, 3.63) is 61.1 Å². The maximum Gasteiger partial charge on any atom is 0.274 e. The fourth-order valence-electron chi connectivity index (χ4n) is 1.47. The van der Waals surface area contributed by atoms with Gasteiger partial charge in [-0.15, -0.1) is 6.58 Å². The lowest BCUT2D eigenvalue weighted by Gasteiger charge is -2.06. The van der Waals surface area contributed by atoms with Crippen LogP contribution in [-0.2, 0) is 0 Å². The molecule has 0 bridgehead atoms. The number of amides is 1. The monoisotopic (exact) mass is 254 g/mol. The van der Waals surface area contributed by atoms with E-state index in [0.29, 0.717) is 18.1 Å². The molecule has 5 heteroatoms. The van der Waals surface area contributed by atoms with Crippen LogP contribution >= 0.6 is 0 Å². The number of nitrogens with zero attached hydrogens (tertiary/aromatic N) is 2. The number of benzene rings is 1. The van der Waals surface area contributed by atoms with Gasteiger partial charge in [-0.25, -0.2) is 9.97 Å². The minimum Gasteiger partial charge on any atom is -0.366 e. The van der Waals surface area contributed by atoms with Crippen molar-refractivity contribution in [1.29, 1.82) is 0 Å². The third-order valence-electron chi connectivity index (χ3n) is 2.36. The minimum atomic E-state index is -0.268. The van der Waals surface area contributed by atoms with Gasteiger partial charge in [0.25, 0.3) is 5.91 Å². The van der Waals surface area contributed by atoms with E-state index in [2.05, 4.69) is 27.2 Å². The zero-order valence-electron chi connectivity index (χ0n) is 10.3. The van der Waals surface area contributed by atoms with E-state index in [1.165, 1.54) is 6.33 Å². The molecule has 5 nitrogen and oxygen atoms in total. The molecule has 0 saturated heterocycles. The zero-order chi connectivity index (χ0) is 13.5. The van der Waals surface area contributed by atoms with Crippen molar-refractivity contribution in [2.75, 3.05) is 17.2 Å². The molecule has 19 heavy (non-hydrogen) atoms. The summed E-state index contributed by atoms with van der Waals surface area (Å²) in [7, 11) is 0. The predicted molar refractivity (Wildman–Crippen MR) is 75.1 cm³/mol. The Labute approximate surface area is 111 Å². The number of carbonyl (C=O) groups excluding carboxylic acids is 1. The van der Waals surface area contributed by atoms with Crippen molar-refractivity contribution in [1.82, 2.24) is 9.97 Å². The van der Waals surface area contributed by atoms with E-state index in [1.54, 1.807) is 12.1 Å². The van der Waals surface area contributed by atoms with Crippen LogP contribution in [0.15, 0.2) is 55.4 Å². The molecule has 0 aliphatic rings. The molecule has 0 saturated carbocycles. The SMILES string of the molecule is C=CCNc1cc(C(=O)Nc2ccccc2)ncn1. The summed E-state index contributed by atoms with van der Waals surface area (Å²) in [4.78, 5) is 20.0. The van der Waals surface area contributed by atoms with Gasteiger partial charge in [-0.1, -0.05) is 24.3 Å². The van der Waals surface area contributed by atoms with E-state index in [0.717, 1.165) is 5.69 Å². The van der Waals surface area contributed by atoms with Gasteiger partial charge in [0, 0.05) is 18.3 Å². The standard InChI is InChI=1S/C14H14N4O/c1-2-8-15-13-9-12(16-10-17-13)14(19)18-11-6-4-3-5-7-11/h2-7,9-10H,1,8H2,(H,18,19)(H,15,16,17). The second kappa shape index (κ2) is 6.30. The second-order valence-electron chi connectivity index (χ2n) is 3.78. The van der Waals surface area contributed by atoms with Crippen LogP contribution in [-0.4, -0.2) is 22.4 Å². The van der Waals surface area contributed by atoms with Crippen LogP contribution < -0.4 is 10.6 Å². The summed E-state index contributed by atoms with van der Waals surface area (Å²) in [5, 5.41) is 5.77. The van der Waals surface area contributed by atoms with E-state index >= 15 is 0 Å². The van der Waals surface area contributed by atoms with Crippen LogP contribution in [0, 0.1) is 0 Å². The molecular weight excluding hydrogens is 240 g/mol. The summed E-state index contributed by atoms with van der Waals surface area (Å²) in [6.07, 6.45) is 3.07. The number of hydrogen-bond acceptors (Lipinski definition) is 4. The molecule has 1 aromatic carbocycles. The summed E-state index contributed by atoms with van der Waals surface area (Å²) >= 11 is 0. The van der Waals surface area contributed by atoms with Crippen LogP contribution in [0.5, 0.6) is 0 Å². The molecular formula is C14H14N4O. The van der Waals surface area contributed by atoms with Gasteiger partial charge < -0.3 is 10.6 Å². The van der Waals surface area contributed by atoms with Crippen molar-refractivity contribution in [3.63, 3.8) is 0 Å². The van der Waals surface area contributed by atoms with Crippen molar-refractivity contribution < 1.29 is 4.79 Å². The molecule has 0 unspecified atom stereocenters. The highest BCUT2D eigenvalue weighted by Crippen LogP contribution is 2.09. The van der Waals surface area contributed by atoms with E-state index < -0.39 is 0 Å². The quantitative estimate of drug-likeness (QED) is 0.804. The molecule has 96 valence electrons. The molecule has 0 atom stereocenters. The summed E-state index contributed by atoms with van der Waals surface area (Å²) in [6, 6.07) is 10.8. The predicted octanol–water partition coefficient (Wildman–Crippen LogP) is 2.33. The van der Waals surface area contributed by atoms with Crippen LogP contribution in [0.1, 0.15) is 10.5 Å². The molecule has 1 heterocycles. The molecule has 1 amide bonds. The van der Waals surface area contributed by atoms with Crippen molar-refractivity contribution in [2.45, 2.75) is 0 Å². The van der Waals surface area contributed by atoms with Crippen LogP contribution in [0.2, 0.25) is 0 Å². The fourth-order valence-corrected chi connectivity index (χ4v) is 1.47. The number of para-hydroxylation sites is 1. The van der Waals surface area contributed by atoms with Crippen LogP contribution in [0.4, 0.5) is 11.5 Å². The van der Waals surface area contributed by atoms with Crippen molar-refractivity contribution in [2.24, 2.45) is 0 Å². The number of carbonyl (C=O) groups is 1. The van der Waals surface area contributed by atoms with E-state index in [-0.39, 0.29) is 5.91 Å². The summed E-state index contributed by atoms with van der Waals surface area (Å²) in [5.41, 5.74) is 1.04. The summed E-state index contributed by atoms with van der Waals surface area (Å²) < 4.78 is 0. The molecule has 0 spiro atoms. The minimum absolute atomic E-state index is 0.268. The Balaban J connectivity index is 2.08. The van der Waals surface area contributed by atoms with Gasteiger partial charge in [0.15, 0.2) is 0 Å². The molecule has 2 N–H and O–H groups in total. The molecule has 2 aromatic rings. The maximum atomic E-state index is 12.0. The summed E-state index contributed by atoms with van der Waals surface area (Å²) in [5.74, 6) is 0.323. The van der Waals surface area contributed by atoms with Gasteiger partial charge >= 0.3 is 0 Å². The molecule has 0 fully saturated rings. The Hall–Kier alpha value is -2.69. The fraction of sp³-hybridized carbons (Fsp3) is 0.0714. The Morgan fingerprint density at radius 2 is 2.05 bits per heavy atom. The smallest absolute Gasteiger partial charge is 0.274 e. The zero-order valence-corrected chi connectivity index (χ0v) is 10.3. The number of rotatable bonds is 5. The lowest BCUT2D eigenvalue weighted by Crippen LogP contribution is -2.14. The average molecular weight is 254 g/mol. The first-order valence-electron chi connectivity index (χ1n) is 5.83. The van der Waals surface area contributed by atoms with Gasteiger partial charge in [0.1, 0.15) is 17.8 Å². The van der Waals surface area contributed by atoms with E-state index in [4.69, 9.17) is 0 Å². The summed E-state index contributed by atoms with van der Waals surface area (Å²) in [6.45, 7) is 4.18. The third-order valence-corrected chi connectivity index (χ3v) is 2.36. The molecule has 0 aliphatic heterocycles. The highest BCUT2D eigenvalue weighted by atomic mass is 16.1. The Bertz CT molecular complexity index is 569. The maximum absolute atomic E-state index is 12.0. The highest BCUT2D eigenvalue weighted by Gasteiger charge is 2.08. The number of anilines is 2. The Kier molecular flexibility index (Phi) is 4.23.